The molecule has 1 aromatic carbocycles. The van der Waals surface area contributed by atoms with Crippen molar-refractivity contribution in [3.05, 3.63) is 39.8 Å². The Kier molecular flexibility index (Phi) is 2.69. The first-order chi connectivity index (χ1) is 7.50. The minimum Gasteiger partial charge on any atom is -0.478 e. The van der Waals surface area contributed by atoms with E-state index in [1.54, 1.807) is 0 Å². The monoisotopic (exact) mass is 259 g/mol. The summed E-state index contributed by atoms with van der Waals surface area (Å²) in [4.78, 5) is 14.7. The molecule has 0 saturated carbocycles. The fraction of sp³-hybridized carbons (Fsp3) is 0. The van der Waals surface area contributed by atoms with Gasteiger partial charge in [-0.05, 0) is 18.2 Å². The van der Waals surface area contributed by atoms with Crippen LogP contribution in [0.3, 0.4) is 0 Å². The molecule has 3 nitrogen and oxygen atoms in total. The van der Waals surface area contributed by atoms with Crippen molar-refractivity contribution in [1.29, 1.82) is 0 Å². The molecule has 1 N–H and O–H groups in total. The lowest BCUT2D eigenvalue weighted by Gasteiger charge is -2.05. The first kappa shape index (κ1) is 11.1. The number of carbonyl (C=O) groups is 1. The number of pyridine rings is 1. The van der Waals surface area contributed by atoms with E-state index in [4.69, 9.17) is 28.3 Å². The zero-order chi connectivity index (χ0) is 11.9. The van der Waals surface area contributed by atoms with Crippen LogP contribution in [-0.4, -0.2) is 16.1 Å². The summed E-state index contributed by atoms with van der Waals surface area (Å²) in [7, 11) is 0. The normalized spacial score (nSPS) is 10.7. The number of aromatic carboxylic acids is 1. The van der Waals surface area contributed by atoms with Crippen LogP contribution in [-0.2, 0) is 0 Å². The van der Waals surface area contributed by atoms with Crippen LogP contribution in [0.1, 0.15) is 10.4 Å². The molecule has 0 aliphatic carbocycles. The van der Waals surface area contributed by atoms with Gasteiger partial charge in [-0.3, -0.25) is 0 Å². The standard InChI is InChI=1S/C10H4Cl2FNO2/c11-5-1-2-6(13)8-4(10(15)16)3-7(12)14-9(5)8/h1-3H,(H,15,16). The Hall–Kier alpha value is -1.39. The van der Waals surface area contributed by atoms with Crippen LogP contribution in [0.25, 0.3) is 10.9 Å². The highest BCUT2D eigenvalue weighted by Crippen LogP contribution is 2.29. The minimum atomic E-state index is -1.28. The smallest absolute Gasteiger partial charge is 0.336 e. The number of carboxylic acids is 1. The van der Waals surface area contributed by atoms with Crippen molar-refractivity contribution in [1.82, 2.24) is 4.98 Å². The van der Waals surface area contributed by atoms with Crippen LogP contribution in [0.2, 0.25) is 10.2 Å². The van der Waals surface area contributed by atoms with E-state index >= 15 is 0 Å². The van der Waals surface area contributed by atoms with Gasteiger partial charge in [0.25, 0.3) is 0 Å². The van der Waals surface area contributed by atoms with E-state index in [0.717, 1.165) is 12.1 Å². The van der Waals surface area contributed by atoms with E-state index in [9.17, 15) is 9.18 Å². The SMILES string of the molecule is O=C(O)c1cc(Cl)nc2c(Cl)ccc(F)c12. The van der Waals surface area contributed by atoms with Crippen molar-refractivity contribution in [2.24, 2.45) is 0 Å². The van der Waals surface area contributed by atoms with Gasteiger partial charge in [0.2, 0.25) is 0 Å². The molecule has 0 unspecified atom stereocenters. The largest absolute Gasteiger partial charge is 0.478 e. The van der Waals surface area contributed by atoms with Gasteiger partial charge in [-0.15, -0.1) is 0 Å². The number of nitrogens with zero attached hydrogens (tertiary/aromatic N) is 1. The highest BCUT2D eigenvalue weighted by molar-refractivity contribution is 6.36. The zero-order valence-electron chi connectivity index (χ0n) is 7.67. The molecule has 0 bridgehead atoms. The molecule has 2 rings (SSSR count). The highest BCUT2D eigenvalue weighted by atomic mass is 35.5. The Morgan fingerprint density at radius 3 is 2.69 bits per heavy atom. The molecule has 2 aromatic rings. The lowest BCUT2D eigenvalue weighted by molar-refractivity contribution is 0.0698. The average molecular weight is 260 g/mol. The van der Waals surface area contributed by atoms with Crippen LogP contribution in [0.4, 0.5) is 4.39 Å². The summed E-state index contributed by atoms with van der Waals surface area (Å²) in [6.45, 7) is 0. The fourth-order valence-corrected chi connectivity index (χ4v) is 1.80. The molecule has 0 fully saturated rings. The second-order valence-electron chi connectivity index (χ2n) is 3.05. The molecule has 0 aliphatic heterocycles. The molecule has 0 saturated heterocycles. The molecule has 0 atom stereocenters. The molecular weight excluding hydrogens is 256 g/mol. The van der Waals surface area contributed by atoms with Gasteiger partial charge in [0.1, 0.15) is 11.0 Å². The van der Waals surface area contributed by atoms with E-state index in [0.29, 0.717) is 0 Å². The Bertz CT molecular complexity index is 601. The third-order valence-corrected chi connectivity index (χ3v) is 2.56. The minimum absolute atomic E-state index is 0.0441. The first-order valence-corrected chi connectivity index (χ1v) is 4.94. The molecule has 1 heterocycles. The summed E-state index contributed by atoms with van der Waals surface area (Å²) in [5, 5.41) is 8.90. The molecule has 82 valence electrons. The van der Waals surface area contributed by atoms with Crippen LogP contribution in [0.5, 0.6) is 0 Å². The molecule has 16 heavy (non-hydrogen) atoms. The molecule has 0 amide bonds. The van der Waals surface area contributed by atoms with Crippen molar-refractivity contribution in [3.8, 4) is 0 Å². The molecule has 0 radical (unpaired) electrons. The lowest BCUT2D eigenvalue weighted by Crippen LogP contribution is -2.01. The van der Waals surface area contributed by atoms with Gasteiger partial charge in [-0.1, -0.05) is 23.2 Å². The third-order valence-electron chi connectivity index (χ3n) is 2.06. The maximum absolute atomic E-state index is 13.5. The molecule has 0 aliphatic rings. The maximum atomic E-state index is 13.5. The molecule has 6 heteroatoms. The summed E-state index contributed by atoms with van der Waals surface area (Å²) in [6, 6.07) is 3.48. The second kappa shape index (κ2) is 3.88. The van der Waals surface area contributed by atoms with Crippen LogP contribution >= 0.6 is 23.2 Å². The number of aromatic nitrogens is 1. The molecular formula is C10H4Cl2FNO2. The van der Waals surface area contributed by atoms with Crippen LogP contribution < -0.4 is 0 Å². The quantitative estimate of drug-likeness (QED) is 0.799. The highest BCUT2D eigenvalue weighted by Gasteiger charge is 2.16. The van der Waals surface area contributed by atoms with E-state index in [-0.39, 0.29) is 26.6 Å². The Balaban J connectivity index is 3.00. The van der Waals surface area contributed by atoms with Crippen molar-refractivity contribution in [3.63, 3.8) is 0 Å². The van der Waals surface area contributed by atoms with Gasteiger partial charge in [0.05, 0.1) is 21.5 Å². The van der Waals surface area contributed by atoms with Crippen molar-refractivity contribution in [2.75, 3.05) is 0 Å². The average Bonchev–Trinajstić information content (AvgIpc) is 2.22. The van der Waals surface area contributed by atoms with Gasteiger partial charge >= 0.3 is 5.97 Å². The predicted octanol–water partition coefficient (Wildman–Crippen LogP) is 3.38. The summed E-state index contributed by atoms with van der Waals surface area (Å²) in [5.74, 6) is -1.98. The summed E-state index contributed by atoms with van der Waals surface area (Å²) in [6.07, 6.45) is 0. The predicted molar refractivity (Wildman–Crippen MR) is 58.7 cm³/mol. The fourth-order valence-electron chi connectivity index (χ4n) is 1.41. The maximum Gasteiger partial charge on any atom is 0.336 e. The third kappa shape index (κ3) is 1.70. The van der Waals surface area contributed by atoms with Gasteiger partial charge in [0, 0.05) is 0 Å². The van der Waals surface area contributed by atoms with Gasteiger partial charge in [0.15, 0.2) is 0 Å². The van der Waals surface area contributed by atoms with Gasteiger partial charge in [-0.25, -0.2) is 14.2 Å². The number of hydrogen-bond acceptors (Lipinski definition) is 2. The van der Waals surface area contributed by atoms with Gasteiger partial charge < -0.3 is 5.11 Å². The topological polar surface area (TPSA) is 50.2 Å². The van der Waals surface area contributed by atoms with E-state index < -0.39 is 11.8 Å². The summed E-state index contributed by atoms with van der Waals surface area (Å²) >= 11 is 11.4. The first-order valence-electron chi connectivity index (χ1n) is 4.18. The Labute approximate surface area is 99.4 Å². The number of fused-ring (bicyclic) bond motifs is 1. The summed E-state index contributed by atoms with van der Waals surface area (Å²) < 4.78 is 13.5. The number of carboxylic acid groups (broad SMARTS) is 1. The van der Waals surface area contributed by atoms with E-state index in [1.807, 2.05) is 0 Å². The Morgan fingerprint density at radius 1 is 1.38 bits per heavy atom. The number of rotatable bonds is 1. The van der Waals surface area contributed by atoms with Crippen molar-refractivity contribution in [2.45, 2.75) is 0 Å². The van der Waals surface area contributed by atoms with Crippen LogP contribution in [0.15, 0.2) is 18.2 Å². The second-order valence-corrected chi connectivity index (χ2v) is 3.84. The zero-order valence-corrected chi connectivity index (χ0v) is 9.18. The number of benzene rings is 1. The van der Waals surface area contributed by atoms with E-state index in [2.05, 4.69) is 4.98 Å². The molecule has 1 aromatic heterocycles. The van der Waals surface area contributed by atoms with Crippen LogP contribution in [0, 0.1) is 5.82 Å². The number of halogens is 3. The van der Waals surface area contributed by atoms with Crippen molar-refractivity contribution < 1.29 is 14.3 Å². The number of hydrogen-bond donors (Lipinski definition) is 1. The van der Waals surface area contributed by atoms with Gasteiger partial charge in [-0.2, -0.15) is 0 Å². The Morgan fingerprint density at radius 2 is 2.06 bits per heavy atom. The summed E-state index contributed by atoms with van der Waals surface area (Å²) in [5.41, 5.74) is -0.207. The van der Waals surface area contributed by atoms with E-state index in [1.165, 1.54) is 6.07 Å². The molecule has 0 spiro atoms. The lowest BCUT2D eigenvalue weighted by atomic mass is 10.1. The van der Waals surface area contributed by atoms with Crippen molar-refractivity contribution >= 4 is 40.1 Å².